The molecule has 2 aromatic carbocycles. The van der Waals surface area contributed by atoms with Crippen LogP contribution in [0.15, 0.2) is 53.2 Å². The zero-order valence-corrected chi connectivity index (χ0v) is 17.4. The molecule has 1 aliphatic heterocycles. The summed E-state index contributed by atoms with van der Waals surface area (Å²) in [6.07, 6.45) is 1.73. The van der Waals surface area contributed by atoms with E-state index in [1.54, 1.807) is 12.1 Å². The van der Waals surface area contributed by atoms with Crippen molar-refractivity contribution in [1.82, 2.24) is 0 Å². The van der Waals surface area contributed by atoms with Gasteiger partial charge in [-0.05, 0) is 78.4 Å². The molecule has 3 rings (SSSR count). The Morgan fingerprint density at radius 1 is 1.15 bits per heavy atom. The topological polar surface area (TPSA) is 41.9 Å². The van der Waals surface area contributed by atoms with E-state index in [0.29, 0.717) is 10.6 Å². The highest BCUT2D eigenvalue weighted by atomic mass is 127. The summed E-state index contributed by atoms with van der Waals surface area (Å²) in [6, 6.07) is 13.5. The molecule has 2 aromatic rings. The molecule has 0 N–H and O–H groups in total. The summed E-state index contributed by atoms with van der Waals surface area (Å²) in [5, 5.41) is 0.502. The van der Waals surface area contributed by atoms with Crippen LogP contribution in [0.4, 0.5) is 5.69 Å². The Morgan fingerprint density at radius 2 is 1.85 bits per heavy atom. The van der Waals surface area contributed by atoms with Crippen molar-refractivity contribution in [2.75, 3.05) is 18.0 Å². The predicted molar refractivity (Wildman–Crippen MR) is 115 cm³/mol. The third-order valence-electron chi connectivity index (χ3n) is 4.10. The molecule has 0 bridgehead atoms. The summed E-state index contributed by atoms with van der Waals surface area (Å²) in [5.74, 6) is -0.229. The van der Waals surface area contributed by atoms with E-state index in [4.69, 9.17) is 16.3 Å². The average Bonchev–Trinajstić information content (AvgIpc) is 3.00. The van der Waals surface area contributed by atoms with Crippen molar-refractivity contribution < 1.29 is 9.53 Å². The van der Waals surface area contributed by atoms with Gasteiger partial charge in [-0.25, -0.2) is 9.79 Å². The van der Waals surface area contributed by atoms with Crippen molar-refractivity contribution in [3.05, 3.63) is 67.9 Å². The van der Waals surface area contributed by atoms with Crippen LogP contribution < -0.4 is 4.90 Å². The molecule has 0 unspecified atom stereocenters. The van der Waals surface area contributed by atoms with Crippen LogP contribution >= 0.6 is 34.2 Å². The molecule has 4 nitrogen and oxygen atoms in total. The van der Waals surface area contributed by atoms with E-state index in [1.165, 1.54) is 0 Å². The lowest BCUT2D eigenvalue weighted by atomic mass is 10.1. The zero-order chi connectivity index (χ0) is 18.7. The number of rotatable bonds is 5. The van der Waals surface area contributed by atoms with Gasteiger partial charge in [0.25, 0.3) is 0 Å². The van der Waals surface area contributed by atoms with Crippen molar-refractivity contribution in [2.24, 2.45) is 4.99 Å². The molecular weight excluding hydrogens is 463 g/mol. The van der Waals surface area contributed by atoms with Gasteiger partial charge in [0.1, 0.15) is 0 Å². The second-order valence-electron chi connectivity index (χ2n) is 5.72. The predicted octanol–water partition coefficient (Wildman–Crippen LogP) is 5.14. The van der Waals surface area contributed by atoms with Crippen molar-refractivity contribution in [2.45, 2.75) is 13.8 Å². The lowest BCUT2D eigenvalue weighted by Gasteiger charge is -2.20. The maximum absolute atomic E-state index is 12.2. The van der Waals surface area contributed by atoms with Gasteiger partial charge in [-0.1, -0.05) is 23.7 Å². The van der Waals surface area contributed by atoms with Gasteiger partial charge in [-0.3, -0.25) is 0 Å². The largest absolute Gasteiger partial charge is 0.402 e. The fourth-order valence-corrected chi connectivity index (χ4v) is 3.40. The molecule has 134 valence electrons. The fraction of sp³-hybridized carbons (Fsp3) is 0.200. The minimum atomic E-state index is -0.470. The highest BCUT2D eigenvalue weighted by Crippen LogP contribution is 2.25. The molecule has 0 saturated carbocycles. The number of cyclic esters (lactones) is 1. The van der Waals surface area contributed by atoms with E-state index in [1.807, 2.05) is 36.4 Å². The quantitative estimate of drug-likeness (QED) is 0.338. The Labute approximate surface area is 171 Å². The molecule has 6 heteroatoms. The van der Waals surface area contributed by atoms with Crippen LogP contribution in [0.1, 0.15) is 25.0 Å². The smallest absolute Gasteiger partial charge is 0.363 e. The molecule has 0 radical (unpaired) electrons. The third-order valence-corrected chi connectivity index (χ3v) is 5.10. The summed E-state index contributed by atoms with van der Waals surface area (Å²) < 4.78 is 6.30. The summed E-state index contributed by atoms with van der Waals surface area (Å²) in [4.78, 5) is 18.8. The van der Waals surface area contributed by atoms with Gasteiger partial charge >= 0.3 is 5.97 Å². The molecule has 1 aliphatic rings. The number of carbonyl (C=O) groups is 1. The van der Waals surface area contributed by atoms with Gasteiger partial charge in [0.2, 0.25) is 5.90 Å². The summed E-state index contributed by atoms with van der Waals surface area (Å²) in [7, 11) is 0. The highest BCUT2D eigenvalue weighted by Gasteiger charge is 2.25. The third kappa shape index (κ3) is 4.10. The molecule has 0 aromatic heterocycles. The number of hydrogen-bond acceptors (Lipinski definition) is 4. The van der Waals surface area contributed by atoms with E-state index in [0.717, 1.165) is 27.9 Å². The van der Waals surface area contributed by atoms with E-state index in [2.05, 4.69) is 46.3 Å². The Bertz CT molecular complexity index is 887. The van der Waals surface area contributed by atoms with Crippen LogP contribution in [0, 0.1) is 3.57 Å². The monoisotopic (exact) mass is 480 g/mol. The number of anilines is 1. The molecule has 0 amide bonds. The maximum Gasteiger partial charge on any atom is 0.363 e. The lowest BCUT2D eigenvalue weighted by Crippen LogP contribution is -2.21. The highest BCUT2D eigenvalue weighted by molar-refractivity contribution is 14.1. The summed E-state index contributed by atoms with van der Waals surface area (Å²) in [6.45, 7) is 6.15. The van der Waals surface area contributed by atoms with Crippen LogP contribution in [-0.4, -0.2) is 25.0 Å². The molecule has 0 aliphatic carbocycles. The first-order chi connectivity index (χ1) is 12.5. The Balaban J connectivity index is 1.88. The van der Waals surface area contributed by atoms with Crippen molar-refractivity contribution in [3.63, 3.8) is 0 Å². The van der Waals surface area contributed by atoms with E-state index in [9.17, 15) is 4.79 Å². The van der Waals surface area contributed by atoms with Crippen LogP contribution in [-0.2, 0) is 9.53 Å². The van der Waals surface area contributed by atoms with Gasteiger partial charge in [0.15, 0.2) is 5.70 Å². The Kier molecular flexibility index (Phi) is 5.98. The summed E-state index contributed by atoms with van der Waals surface area (Å²) >= 11 is 8.39. The van der Waals surface area contributed by atoms with Gasteiger partial charge in [0.05, 0.1) is 10.6 Å². The first-order valence-electron chi connectivity index (χ1n) is 8.34. The zero-order valence-electron chi connectivity index (χ0n) is 14.5. The minimum absolute atomic E-state index is 0.240. The standard InChI is InChI=1S/C20H18ClIN2O2/c1-3-24(4-2)15-8-5-13(6-9-15)11-18-20(25)26-19(23-18)16-12-14(22)7-10-17(16)21/h5-12H,3-4H2,1-2H3/b18-11-. The number of esters is 1. The fourth-order valence-electron chi connectivity index (χ4n) is 2.71. The molecule has 1 heterocycles. The number of nitrogens with zero attached hydrogens (tertiary/aromatic N) is 2. The number of benzene rings is 2. The van der Waals surface area contributed by atoms with Crippen LogP contribution in [0.3, 0.4) is 0 Å². The van der Waals surface area contributed by atoms with Crippen LogP contribution in [0.25, 0.3) is 6.08 Å². The second-order valence-corrected chi connectivity index (χ2v) is 7.38. The SMILES string of the molecule is CCN(CC)c1ccc(/C=C2\N=C(c3cc(I)ccc3Cl)OC2=O)cc1. The van der Waals surface area contributed by atoms with E-state index in [-0.39, 0.29) is 11.6 Å². The number of carbonyl (C=O) groups excluding carboxylic acids is 1. The number of halogens is 2. The van der Waals surface area contributed by atoms with Crippen LogP contribution in [0.2, 0.25) is 5.02 Å². The van der Waals surface area contributed by atoms with Crippen molar-refractivity contribution in [1.29, 1.82) is 0 Å². The second kappa shape index (κ2) is 8.22. The molecule has 0 saturated heterocycles. The van der Waals surface area contributed by atoms with Gasteiger partial charge in [0, 0.05) is 22.3 Å². The average molecular weight is 481 g/mol. The molecular formula is C20H18ClIN2O2. The van der Waals surface area contributed by atoms with Crippen LogP contribution in [0.5, 0.6) is 0 Å². The maximum atomic E-state index is 12.2. The summed E-state index contributed by atoms with van der Waals surface area (Å²) in [5.41, 5.74) is 2.94. The van der Waals surface area contributed by atoms with Gasteiger partial charge in [-0.15, -0.1) is 0 Å². The lowest BCUT2D eigenvalue weighted by molar-refractivity contribution is -0.129. The number of hydrogen-bond donors (Lipinski definition) is 0. The Hall–Kier alpha value is -1.86. The van der Waals surface area contributed by atoms with Gasteiger partial charge in [-0.2, -0.15) is 0 Å². The Morgan fingerprint density at radius 3 is 2.50 bits per heavy atom. The number of aliphatic imine (C=N–C) groups is 1. The van der Waals surface area contributed by atoms with Gasteiger partial charge < -0.3 is 9.64 Å². The molecule has 26 heavy (non-hydrogen) atoms. The van der Waals surface area contributed by atoms with Crippen molar-refractivity contribution >= 4 is 57.8 Å². The minimum Gasteiger partial charge on any atom is -0.402 e. The first-order valence-corrected chi connectivity index (χ1v) is 9.80. The van der Waals surface area contributed by atoms with Crippen molar-refractivity contribution in [3.8, 4) is 0 Å². The number of ether oxygens (including phenoxy) is 1. The molecule has 0 fully saturated rings. The molecule has 0 spiro atoms. The molecule has 0 atom stereocenters. The van der Waals surface area contributed by atoms with E-state index < -0.39 is 5.97 Å². The van der Waals surface area contributed by atoms with E-state index >= 15 is 0 Å². The first kappa shape index (κ1) is 18.9. The normalized spacial score (nSPS) is 15.2.